The van der Waals surface area contributed by atoms with Crippen LogP contribution < -0.4 is 5.73 Å². The van der Waals surface area contributed by atoms with Crippen molar-refractivity contribution in [3.63, 3.8) is 0 Å². The summed E-state index contributed by atoms with van der Waals surface area (Å²) >= 11 is 0. The van der Waals surface area contributed by atoms with E-state index < -0.39 is 36.5 Å². The van der Waals surface area contributed by atoms with Crippen molar-refractivity contribution in [2.75, 3.05) is 20.2 Å². The predicted molar refractivity (Wildman–Crippen MR) is 54.5 cm³/mol. The third kappa shape index (κ3) is 4.26. The first kappa shape index (κ1) is 14.4. The fraction of sp³-hybridized carbons (Fsp3) is 0.667. The lowest BCUT2D eigenvalue weighted by molar-refractivity contribution is -0.157. The van der Waals surface area contributed by atoms with Gasteiger partial charge in [0.25, 0.3) is 5.91 Å². The second-order valence-corrected chi connectivity index (χ2v) is 3.74. The van der Waals surface area contributed by atoms with Gasteiger partial charge in [0, 0.05) is 7.11 Å². The normalized spacial score (nSPS) is 10.9. The molecular weight excluding hydrogens is 216 g/mol. The number of nitrogens with two attached hydrogens (primary N) is 1. The third-order valence-corrected chi connectivity index (χ3v) is 1.99. The Labute approximate surface area is 93.2 Å². The summed E-state index contributed by atoms with van der Waals surface area (Å²) in [5.74, 6) is -2.60. The molecular formula is C9H16N2O5. The number of ether oxygens (including phenoxy) is 1. The zero-order valence-corrected chi connectivity index (χ0v) is 9.52. The summed E-state index contributed by atoms with van der Waals surface area (Å²) in [5.41, 5.74) is 3.74. The van der Waals surface area contributed by atoms with Crippen molar-refractivity contribution in [3.8, 4) is 0 Å². The number of hydrogen-bond acceptors (Lipinski definition) is 4. The molecule has 0 bridgehead atoms. The highest BCUT2D eigenvalue weighted by Gasteiger charge is 2.33. The Kier molecular flexibility index (Phi) is 4.90. The smallest absolute Gasteiger partial charge is 0.323 e. The zero-order valence-electron chi connectivity index (χ0n) is 9.52. The van der Waals surface area contributed by atoms with Crippen LogP contribution in [0.5, 0.6) is 0 Å². The monoisotopic (exact) mass is 232 g/mol. The minimum absolute atomic E-state index is 0.447. The molecule has 0 fully saturated rings. The molecule has 92 valence electrons. The van der Waals surface area contributed by atoms with Crippen molar-refractivity contribution < 1.29 is 24.2 Å². The Bertz CT molecular complexity index is 284. The van der Waals surface area contributed by atoms with Crippen LogP contribution in [-0.2, 0) is 19.1 Å². The van der Waals surface area contributed by atoms with E-state index in [1.54, 1.807) is 0 Å². The van der Waals surface area contributed by atoms with E-state index in [0.717, 1.165) is 4.90 Å². The Morgan fingerprint density at radius 3 is 2.12 bits per heavy atom. The van der Waals surface area contributed by atoms with Crippen LogP contribution in [0.1, 0.15) is 13.8 Å². The summed E-state index contributed by atoms with van der Waals surface area (Å²) in [7, 11) is 1.32. The van der Waals surface area contributed by atoms with Gasteiger partial charge in [-0.05, 0) is 13.8 Å². The first-order valence-corrected chi connectivity index (χ1v) is 4.55. The van der Waals surface area contributed by atoms with Gasteiger partial charge in [0.05, 0.1) is 0 Å². The molecule has 0 saturated heterocycles. The van der Waals surface area contributed by atoms with E-state index in [-0.39, 0.29) is 0 Å². The van der Waals surface area contributed by atoms with Gasteiger partial charge in [-0.1, -0.05) is 0 Å². The maximum Gasteiger partial charge on any atom is 0.323 e. The summed E-state index contributed by atoms with van der Waals surface area (Å²) in [6.07, 6.45) is 0. The van der Waals surface area contributed by atoms with Crippen LogP contribution in [0.25, 0.3) is 0 Å². The van der Waals surface area contributed by atoms with Crippen LogP contribution in [0.15, 0.2) is 0 Å². The van der Waals surface area contributed by atoms with E-state index in [1.165, 1.54) is 21.0 Å². The summed E-state index contributed by atoms with van der Waals surface area (Å²) in [6, 6.07) is 0. The third-order valence-electron chi connectivity index (χ3n) is 1.99. The molecule has 3 N–H and O–H groups in total. The quantitative estimate of drug-likeness (QED) is 0.598. The minimum atomic E-state index is -1.22. The number of amides is 2. The maximum atomic E-state index is 11.8. The fourth-order valence-corrected chi connectivity index (χ4v) is 1.02. The molecule has 0 atom stereocenters. The summed E-state index contributed by atoms with van der Waals surface area (Å²) in [4.78, 5) is 33.9. The molecule has 0 aromatic heterocycles. The van der Waals surface area contributed by atoms with Crippen LogP contribution in [0.3, 0.4) is 0 Å². The molecule has 0 aliphatic heterocycles. The van der Waals surface area contributed by atoms with E-state index in [1.807, 2.05) is 0 Å². The number of carboxylic acids is 1. The van der Waals surface area contributed by atoms with E-state index >= 15 is 0 Å². The van der Waals surface area contributed by atoms with E-state index in [9.17, 15) is 14.4 Å². The van der Waals surface area contributed by atoms with Crippen LogP contribution in [-0.4, -0.2) is 53.6 Å². The van der Waals surface area contributed by atoms with Gasteiger partial charge in [-0.15, -0.1) is 0 Å². The van der Waals surface area contributed by atoms with Crippen LogP contribution in [0.4, 0.5) is 0 Å². The van der Waals surface area contributed by atoms with Gasteiger partial charge in [-0.2, -0.15) is 0 Å². The SMILES string of the molecule is COC(C)(C)C(=O)N(CC(N)=O)CC(=O)O. The molecule has 0 saturated carbocycles. The van der Waals surface area contributed by atoms with Crippen molar-refractivity contribution >= 4 is 17.8 Å². The largest absolute Gasteiger partial charge is 0.480 e. The fourth-order valence-electron chi connectivity index (χ4n) is 1.02. The molecule has 7 nitrogen and oxygen atoms in total. The van der Waals surface area contributed by atoms with Crippen LogP contribution in [0, 0.1) is 0 Å². The molecule has 0 aromatic rings. The number of rotatable bonds is 6. The van der Waals surface area contributed by atoms with Gasteiger partial charge in [0.15, 0.2) is 0 Å². The highest BCUT2D eigenvalue weighted by molar-refractivity contribution is 5.91. The Morgan fingerprint density at radius 2 is 1.81 bits per heavy atom. The van der Waals surface area contributed by atoms with Gasteiger partial charge in [-0.3, -0.25) is 14.4 Å². The van der Waals surface area contributed by atoms with Gasteiger partial charge in [0.1, 0.15) is 18.7 Å². The Balaban J connectivity index is 4.81. The second-order valence-electron chi connectivity index (χ2n) is 3.74. The lowest BCUT2D eigenvalue weighted by atomic mass is 10.1. The number of hydrogen-bond donors (Lipinski definition) is 2. The molecule has 0 heterocycles. The Morgan fingerprint density at radius 1 is 1.31 bits per heavy atom. The first-order valence-electron chi connectivity index (χ1n) is 4.55. The van der Waals surface area contributed by atoms with E-state index in [4.69, 9.17) is 15.6 Å². The van der Waals surface area contributed by atoms with E-state index in [2.05, 4.69) is 0 Å². The van der Waals surface area contributed by atoms with Crippen molar-refractivity contribution in [3.05, 3.63) is 0 Å². The topological polar surface area (TPSA) is 110 Å². The zero-order chi connectivity index (χ0) is 12.9. The number of methoxy groups -OCH3 is 1. The molecule has 0 rings (SSSR count). The summed E-state index contributed by atoms with van der Waals surface area (Å²) < 4.78 is 4.91. The summed E-state index contributed by atoms with van der Waals surface area (Å²) in [5, 5.41) is 8.60. The number of carbonyl (C=O) groups excluding carboxylic acids is 2. The molecule has 7 heteroatoms. The van der Waals surface area contributed by atoms with Crippen molar-refractivity contribution in [1.82, 2.24) is 4.90 Å². The molecule has 0 aromatic carbocycles. The second kappa shape index (κ2) is 5.45. The molecule has 0 radical (unpaired) electrons. The number of carbonyl (C=O) groups is 3. The van der Waals surface area contributed by atoms with Gasteiger partial charge in [-0.25, -0.2) is 0 Å². The standard InChI is InChI=1S/C9H16N2O5/c1-9(2,16-3)8(15)11(4-6(10)12)5-7(13)14/h4-5H2,1-3H3,(H2,10,12)(H,13,14). The lowest BCUT2D eigenvalue weighted by Crippen LogP contribution is -2.50. The Hall–Kier alpha value is -1.63. The minimum Gasteiger partial charge on any atom is -0.480 e. The highest BCUT2D eigenvalue weighted by Crippen LogP contribution is 2.11. The molecule has 0 unspecified atom stereocenters. The number of nitrogens with zero attached hydrogens (tertiary/aromatic N) is 1. The summed E-state index contributed by atoms with van der Waals surface area (Å²) in [6.45, 7) is 1.92. The number of carboxylic acid groups (broad SMARTS) is 1. The molecule has 2 amide bonds. The van der Waals surface area contributed by atoms with Crippen LogP contribution in [0.2, 0.25) is 0 Å². The van der Waals surface area contributed by atoms with Crippen molar-refractivity contribution in [2.45, 2.75) is 19.4 Å². The van der Waals surface area contributed by atoms with Crippen LogP contribution >= 0.6 is 0 Å². The van der Waals surface area contributed by atoms with Gasteiger partial charge in [0.2, 0.25) is 5.91 Å². The molecule has 16 heavy (non-hydrogen) atoms. The first-order chi connectivity index (χ1) is 7.20. The maximum absolute atomic E-state index is 11.8. The van der Waals surface area contributed by atoms with Gasteiger partial charge >= 0.3 is 5.97 Å². The highest BCUT2D eigenvalue weighted by atomic mass is 16.5. The number of primary amides is 1. The average molecular weight is 232 g/mol. The predicted octanol–water partition coefficient (Wildman–Crippen LogP) is -1.19. The lowest BCUT2D eigenvalue weighted by Gasteiger charge is -2.28. The number of aliphatic carboxylic acids is 1. The van der Waals surface area contributed by atoms with Crippen molar-refractivity contribution in [1.29, 1.82) is 0 Å². The molecule has 0 aliphatic rings. The average Bonchev–Trinajstić information content (AvgIpc) is 2.14. The molecule has 0 spiro atoms. The van der Waals surface area contributed by atoms with E-state index in [0.29, 0.717) is 0 Å². The van der Waals surface area contributed by atoms with Crippen molar-refractivity contribution in [2.24, 2.45) is 5.73 Å². The molecule has 0 aliphatic carbocycles. The van der Waals surface area contributed by atoms with Gasteiger partial charge < -0.3 is 20.5 Å².